The second kappa shape index (κ2) is 15.2. The van der Waals surface area contributed by atoms with Crippen LogP contribution in [0.2, 0.25) is 0 Å². The second-order valence-corrected chi connectivity index (χ2v) is 13.9. The van der Waals surface area contributed by atoms with Crippen molar-refractivity contribution < 1.29 is 33.8 Å². The van der Waals surface area contributed by atoms with Gasteiger partial charge in [-0.15, -0.1) is 13.2 Å². The molecule has 2 aromatic carbocycles. The quantitative estimate of drug-likeness (QED) is 0.160. The lowest BCUT2D eigenvalue weighted by Crippen LogP contribution is -2.57. The number of carbonyl (C=O) groups is 4. The van der Waals surface area contributed by atoms with Crippen LogP contribution in [0.15, 0.2) is 73.8 Å². The number of nitrogens with one attached hydrogen (secondary N) is 1. The lowest BCUT2D eigenvalue weighted by atomic mass is 9.70. The molecule has 1 spiro atoms. The van der Waals surface area contributed by atoms with E-state index >= 15 is 0 Å². The zero-order chi connectivity index (χ0) is 34.6. The van der Waals surface area contributed by atoms with Crippen LogP contribution in [0.1, 0.15) is 48.5 Å². The topological polar surface area (TPSA) is 125 Å². The summed E-state index contributed by atoms with van der Waals surface area (Å²) in [6.45, 7) is 11.6. The molecular formula is C37H44BrN3O7. The maximum atomic E-state index is 14.8. The number of likely N-dealkylation sites (tertiary alicyclic amines) is 1. The van der Waals surface area contributed by atoms with Crippen LogP contribution in [-0.4, -0.2) is 82.5 Å². The lowest BCUT2D eigenvalue weighted by molar-refractivity contribution is -0.160. The zero-order valence-electron chi connectivity index (χ0n) is 27.5. The first-order valence-electron chi connectivity index (χ1n) is 16.4. The predicted octanol–water partition coefficient (Wildman–Crippen LogP) is 4.32. The summed E-state index contributed by atoms with van der Waals surface area (Å²) in [4.78, 5) is 58.7. The Bertz CT molecular complexity index is 1550. The third kappa shape index (κ3) is 6.73. The van der Waals surface area contributed by atoms with Crippen molar-refractivity contribution in [2.75, 3.05) is 31.1 Å². The third-order valence-electron chi connectivity index (χ3n) is 9.58. The van der Waals surface area contributed by atoms with E-state index in [1.807, 2.05) is 62.4 Å². The highest BCUT2D eigenvalue weighted by Crippen LogP contribution is 2.60. The van der Waals surface area contributed by atoms with Gasteiger partial charge < -0.3 is 29.7 Å². The number of hydrogen-bond acceptors (Lipinski definition) is 7. The van der Waals surface area contributed by atoms with Gasteiger partial charge in [0.05, 0.1) is 24.5 Å². The van der Waals surface area contributed by atoms with Gasteiger partial charge in [0, 0.05) is 36.6 Å². The summed E-state index contributed by atoms with van der Waals surface area (Å²) in [5.41, 5.74) is 1.95. The number of nitrogens with zero attached hydrogens (tertiary/aromatic N) is 2. The number of allylic oxidation sites excluding steroid dienone is 1. The highest BCUT2D eigenvalue weighted by atomic mass is 79.9. The molecule has 10 nitrogen and oxygen atoms in total. The molecule has 11 heteroatoms. The number of halogens is 1. The fourth-order valence-corrected chi connectivity index (χ4v) is 8.34. The van der Waals surface area contributed by atoms with Crippen LogP contribution in [0.3, 0.4) is 0 Å². The van der Waals surface area contributed by atoms with Gasteiger partial charge in [-0.25, -0.2) is 0 Å². The molecule has 3 heterocycles. The standard InChI is InChI=1S/C37H44BrN3O7/c1-5-7-14-29(43)39-22-28(25-12-9-8-10-13-25)47-36(46)30-31-34(44)41(18-11-19-42)33(37(31)21-26(38)32(30)48-37)35(45)40(17-6-2)27-20-23(3)15-16-24(27)4/h5-6,8-10,12-13,15-16,20,26,28,30-33,42H,1-2,7,11,14,17-19,21-22H2,3-4H3,(H,39,43)/t26?,28-,30+,31-,32+,33+,37-/m1/s1. The molecule has 2 N–H and O–H groups in total. The summed E-state index contributed by atoms with van der Waals surface area (Å²) in [5.74, 6) is -3.52. The number of aliphatic hydroxyl groups excluding tert-OH is 1. The van der Waals surface area contributed by atoms with Crippen LogP contribution < -0.4 is 10.2 Å². The number of aryl methyl sites for hydroxylation is 2. The predicted molar refractivity (Wildman–Crippen MR) is 185 cm³/mol. The Labute approximate surface area is 290 Å². The van der Waals surface area contributed by atoms with Gasteiger partial charge in [0.2, 0.25) is 11.8 Å². The summed E-state index contributed by atoms with van der Waals surface area (Å²) in [5, 5.41) is 12.6. The molecule has 1 unspecified atom stereocenters. The Morgan fingerprint density at radius 3 is 2.62 bits per heavy atom. The lowest BCUT2D eigenvalue weighted by Gasteiger charge is -2.37. The first-order valence-corrected chi connectivity index (χ1v) is 17.3. The number of esters is 1. The van der Waals surface area contributed by atoms with Crippen molar-refractivity contribution in [2.45, 2.75) is 68.2 Å². The van der Waals surface area contributed by atoms with Gasteiger partial charge in [-0.1, -0.05) is 70.5 Å². The van der Waals surface area contributed by atoms with E-state index in [1.54, 1.807) is 17.1 Å². The van der Waals surface area contributed by atoms with E-state index in [0.717, 1.165) is 11.1 Å². The maximum absolute atomic E-state index is 14.8. The fourth-order valence-electron chi connectivity index (χ4n) is 7.40. The first-order chi connectivity index (χ1) is 23.1. The van der Waals surface area contributed by atoms with Gasteiger partial charge >= 0.3 is 5.97 Å². The van der Waals surface area contributed by atoms with Crippen molar-refractivity contribution in [3.05, 3.63) is 90.5 Å². The monoisotopic (exact) mass is 721 g/mol. The molecule has 0 radical (unpaired) electrons. The SMILES string of the molecule is C=CCCC(=O)NC[C@@H](OC(=O)[C@@H]1[C@H]2O[C@@]3(CC2Br)[C@H](C(=O)N(CC=C)c2cc(C)ccc2C)N(CCCO)C(=O)[C@@H]13)c1ccccc1. The minimum atomic E-state index is -1.30. The molecule has 0 saturated carbocycles. The van der Waals surface area contributed by atoms with Crippen molar-refractivity contribution in [1.82, 2.24) is 10.2 Å². The average Bonchev–Trinajstić information content (AvgIpc) is 3.67. The average molecular weight is 723 g/mol. The number of hydrogen-bond donors (Lipinski definition) is 2. The van der Waals surface area contributed by atoms with Gasteiger partial charge in [0.15, 0.2) is 0 Å². The van der Waals surface area contributed by atoms with E-state index < -0.39 is 41.7 Å². The van der Waals surface area contributed by atoms with Crippen LogP contribution in [0, 0.1) is 25.7 Å². The van der Waals surface area contributed by atoms with Gasteiger partial charge in [-0.2, -0.15) is 0 Å². The summed E-state index contributed by atoms with van der Waals surface area (Å²) < 4.78 is 12.8. The number of ether oxygens (including phenoxy) is 2. The molecule has 3 aliphatic heterocycles. The molecule has 3 amide bonds. The van der Waals surface area contributed by atoms with Gasteiger partial charge in [0.25, 0.3) is 5.91 Å². The fraction of sp³-hybridized carbons (Fsp3) is 0.459. The molecule has 2 bridgehead atoms. The van der Waals surface area contributed by atoms with Crippen LogP contribution in [0.25, 0.3) is 0 Å². The van der Waals surface area contributed by atoms with E-state index in [9.17, 15) is 24.3 Å². The Kier molecular flexibility index (Phi) is 11.2. The van der Waals surface area contributed by atoms with Crippen molar-refractivity contribution in [1.29, 1.82) is 0 Å². The highest BCUT2D eigenvalue weighted by Gasteiger charge is 2.77. The number of benzene rings is 2. The van der Waals surface area contributed by atoms with Gasteiger partial charge in [-0.05, 0) is 55.9 Å². The summed E-state index contributed by atoms with van der Waals surface area (Å²) in [6, 6.07) is 13.9. The van der Waals surface area contributed by atoms with E-state index in [4.69, 9.17) is 9.47 Å². The molecule has 3 aliphatic rings. The number of alkyl halides is 1. The Balaban J connectivity index is 1.49. The van der Waals surface area contributed by atoms with Crippen LogP contribution >= 0.6 is 15.9 Å². The van der Waals surface area contributed by atoms with Crippen molar-refractivity contribution in [3.8, 4) is 0 Å². The smallest absolute Gasteiger partial charge is 0.313 e. The second-order valence-electron chi connectivity index (χ2n) is 12.8. The first kappa shape index (κ1) is 35.5. The molecule has 256 valence electrons. The van der Waals surface area contributed by atoms with Crippen LogP contribution in [0.5, 0.6) is 0 Å². The van der Waals surface area contributed by atoms with Crippen molar-refractivity contribution >= 4 is 45.3 Å². The van der Waals surface area contributed by atoms with Crippen LogP contribution in [0.4, 0.5) is 5.69 Å². The van der Waals surface area contributed by atoms with E-state index in [-0.39, 0.29) is 61.6 Å². The minimum Gasteiger partial charge on any atom is -0.455 e. The van der Waals surface area contributed by atoms with Gasteiger partial charge in [0.1, 0.15) is 17.7 Å². The minimum absolute atomic E-state index is 0.0432. The van der Waals surface area contributed by atoms with E-state index in [2.05, 4.69) is 34.4 Å². The number of carbonyl (C=O) groups excluding carboxylic acids is 4. The van der Waals surface area contributed by atoms with Crippen LogP contribution in [-0.2, 0) is 28.7 Å². The molecule has 2 aromatic rings. The Hall–Kier alpha value is -3.80. The third-order valence-corrected chi connectivity index (χ3v) is 10.4. The molecule has 3 fully saturated rings. The van der Waals surface area contributed by atoms with Crippen molar-refractivity contribution in [3.63, 3.8) is 0 Å². The number of aliphatic hydroxyl groups is 1. The zero-order valence-corrected chi connectivity index (χ0v) is 29.1. The molecule has 3 saturated heterocycles. The number of rotatable bonds is 15. The number of amides is 3. The largest absolute Gasteiger partial charge is 0.455 e. The molecule has 48 heavy (non-hydrogen) atoms. The van der Waals surface area contributed by atoms with Gasteiger partial charge in [-0.3, -0.25) is 19.2 Å². The summed E-state index contributed by atoms with van der Waals surface area (Å²) in [7, 11) is 0. The normalized spacial score (nSPS) is 26.1. The van der Waals surface area contributed by atoms with E-state index in [0.29, 0.717) is 24.1 Å². The Morgan fingerprint density at radius 1 is 1.19 bits per heavy atom. The summed E-state index contributed by atoms with van der Waals surface area (Å²) >= 11 is 3.71. The Morgan fingerprint density at radius 2 is 1.94 bits per heavy atom. The summed E-state index contributed by atoms with van der Waals surface area (Å²) in [6.07, 6.45) is 3.13. The highest BCUT2D eigenvalue weighted by molar-refractivity contribution is 9.09. The molecule has 5 rings (SSSR count). The number of anilines is 1. The van der Waals surface area contributed by atoms with Crippen molar-refractivity contribution in [2.24, 2.45) is 11.8 Å². The molecule has 0 aliphatic carbocycles. The number of fused-ring (bicyclic) bond motifs is 1. The molecular weight excluding hydrogens is 678 g/mol. The molecule has 7 atom stereocenters. The molecule has 0 aromatic heterocycles. The van der Waals surface area contributed by atoms with E-state index in [1.165, 1.54) is 4.90 Å². The maximum Gasteiger partial charge on any atom is 0.313 e.